The van der Waals surface area contributed by atoms with Gasteiger partial charge in [0.2, 0.25) is 5.90 Å². The summed E-state index contributed by atoms with van der Waals surface area (Å²) in [5.41, 5.74) is 3.59. The third-order valence-corrected chi connectivity index (χ3v) is 3.74. The van der Waals surface area contributed by atoms with Gasteiger partial charge in [-0.1, -0.05) is 51.1 Å². The Labute approximate surface area is 130 Å². The molecule has 22 heavy (non-hydrogen) atoms. The van der Waals surface area contributed by atoms with Gasteiger partial charge in [-0.25, -0.2) is 9.79 Å². The number of ether oxygens (including phenoxy) is 1. The molecule has 3 rings (SSSR count). The summed E-state index contributed by atoms with van der Waals surface area (Å²) in [6.45, 7) is 6.50. The Morgan fingerprint density at radius 1 is 1.18 bits per heavy atom. The van der Waals surface area contributed by atoms with E-state index in [9.17, 15) is 4.79 Å². The van der Waals surface area contributed by atoms with Crippen molar-refractivity contribution in [1.82, 2.24) is 0 Å². The van der Waals surface area contributed by atoms with E-state index >= 15 is 0 Å². The molecule has 0 saturated carbocycles. The fourth-order valence-corrected chi connectivity index (χ4v) is 2.39. The minimum absolute atomic E-state index is 0.0969. The van der Waals surface area contributed by atoms with E-state index < -0.39 is 0 Å². The van der Waals surface area contributed by atoms with Crippen molar-refractivity contribution < 1.29 is 9.53 Å². The second-order valence-electron chi connectivity index (χ2n) is 6.54. The number of nitrogens with zero attached hydrogens (tertiary/aromatic N) is 1. The zero-order chi connectivity index (χ0) is 15.7. The van der Waals surface area contributed by atoms with Gasteiger partial charge in [-0.05, 0) is 41.2 Å². The molecule has 0 fully saturated rings. The van der Waals surface area contributed by atoms with Gasteiger partial charge in [-0.3, -0.25) is 0 Å². The molecule has 1 heterocycles. The highest BCUT2D eigenvalue weighted by molar-refractivity contribution is 6.11. The summed E-state index contributed by atoms with van der Waals surface area (Å²) in [5.74, 6) is -0.00837. The van der Waals surface area contributed by atoms with Crippen molar-refractivity contribution in [3.63, 3.8) is 0 Å². The van der Waals surface area contributed by atoms with Crippen molar-refractivity contribution in [3.8, 4) is 0 Å². The molecule has 0 spiro atoms. The third-order valence-electron chi connectivity index (χ3n) is 3.74. The maximum atomic E-state index is 11.9. The van der Waals surface area contributed by atoms with Crippen LogP contribution in [-0.2, 0) is 14.9 Å². The first kappa shape index (κ1) is 14.5. The maximum absolute atomic E-state index is 11.9. The van der Waals surface area contributed by atoms with Crippen LogP contribution >= 0.6 is 0 Å². The van der Waals surface area contributed by atoms with Gasteiger partial charge in [0.25, 0.3) is 0 Å². The Kier molecular flexibility index (Phi) is 3.57. The molecule has 1 aliphatic heterocycles. The van der Waals surface area contributed by atoms with Crippen molar-refractivity contribution in [2.24, 2.45) is 4.99 Å². The lowest BCUT2D eigenvalue weighted by Gasteiger charge is -2.18. The van der Waals surface area contributed by atoms with Crippen molar-refractivity contribution in [2.75, 3.05) is 0 Å². The highest BCUT2D eigenvalue weighted by atomic mass is 16.6. The number of cyclic esters (lactones) is 1. The van der Waals surface area contributed by atoms with Crippen LogP contribution in [0.2, 0.25) is 0 Å². The molecular weight excluding hydrogens is 274 g/mol. The maximum Gasteiger partial charge on any atom is 0.363 e. The van der Waals surface area contributed by atoms with Crippen molar-refractivity contribution >= 4 is 11.9 Å². The molecule has 0 unspecified atom stereocenters. The minimum Gasteiger partial charge on any atom is -0.402 e. The Balaban J connectivity index is 1.85. The van der Waals surface area contributed by atoms with Crippen LogP contribution in [0, 0.1) is 0 Å². The first-order valence-electron chi connectivity index (χ1n) is 7.43. The lowest BCUT2D eigenvalue weighted by molar-refractivity contribution is -0.130. The average molecular weight is 293 g/mol. The molecular formula is C19H19NO2. The number of hydrogen-bond acceptors (Lipinski definition) is 3. The van der Waals surface area contributed by atoms with Crippen LogP contribution in [0.5, 0.6) is 0 Å². The first-order chi connectivity index (χ1) is 10.4. The lowest BCUT2D eigenvalue weighted by atomic mass is 9.87. The van der Waals surface area contributed by atoms with Gasteiger partial charge in [0.05, 0.1) is 0 Å². The van der Waals surface area contributed by atoms with Crippen molar-refractivity contribution in [3.05, 3.63) is 71.0 Å². The monoisotopic (exact) mass is 293 g/mol. The zero-order valence-electron chi connectivity index (χ0n) is 13.1. The van der Waals surface area contributed by atoms with Gasteiger partial charge in [0.1, 0.15) is 0 Å². The van der Waals surface area contributed by atoms with Crippen LogP contribution in [0.15, 0.2) is 64.8 Å². The molecule has 3 heteroatoms. The summed E-state index contributed by atoms with van der Waals surface area (Å²) in [7, 11) is 0. The van der Waals surface area contributed by atoms with E-state index in [1.165, 1.54) is 5.56 Å². The van der Waals surface area contributed by atoms with Crippen LogP contribution in [0.3, 0.4) is 0 Å². The topological polar surface area (TPSA) is 38.7 Å². The van der Waals surface area contributed by atoms with Crippen LogP contribution in [0.1, 0.15) is 38.3 Å². The van der Waals surface area contributed by atoms with E-state index in [1.807, 2.05) is 30.4 Å². The van der Waals surface area contributed by atoms with E-state index in [4.69, 9.17) is 4.74 Å². The number of aliphatic imine (C=N–C) groups is 1. The standard InChI is InChI=1S/C19H19NO2/c1-19(2,3)15-10-8-14(9-11-15)17-20-16(18(21)22-17)12-13-6-4-5-7-13/h4-6,8-12H,7H2,1-3H3. The number of carbonyl (C=O) groups is 1. The molecule has 112 valence electrons. The predicted molar refractivity (Wildman–Crippen MR) is 87.7 cm³/mol. The highest BCUT2D eigenvalue weighted by Crippen LogP contribution is 2.24. The lowest BCUT2D eigenvalue weighted by Crippen LogP contribution is -2.11. The molecule has 0 radical (unpaired) electrons. The number of allylic oxidation sites excluding steroid dienone is 5. The smallest absolute Gasteiger partial charge is 0.363 e. The summed E-state index contributed by atoms with van der Waals surface area (Å²) in [6, 6.07) is 8.01. The molecule has 0 N–H and O–H groups in total. The molecule has 1 aromatic carbocycles. The van der Waals surface area contributed by atoms with E-state index in [0.29, 0.717) is 11.6 Å². The Bertz CT molecular complexity index is 726. The largest absolute Gasteiger partial charge is 0.402 e. The van der Waals surface area contributed by atoms with Crippen LogP contribution in [-0.4, -0.2) is 11.9 Å². The number of carbonyl (C=O) groups excluding carboxylic acids is 1. The number of rotatable bonds is 2. The summed E-state index contributed by atoms with van der Waals surface area (Å²) < 4.78 is 5.29. The summed E-state index contributed by atoms with van der Waals surface area (Å²) in [5, 5.41) is 0. The summed E-state index contributed by atoms with van der Waals surface area (Å²) in [4.78, 5) is 16.3. The Hall–Kier alpha value is -2.42. The molecule has 0 bridgehead atoms. The second-order valence-corrected chi connectivity index (χ2v) is 6.54. The van der Waals surface area contributed by atoms with Gasteiger partial charge >= 0.3 is 5.97 Å². The van der Waals surface area contributed by atoms with Crippen molar-refractivity contribution in [2.45, 2.75) is 32.6 Å². The summed E-state index contributed by atoms with van der Waals surface area (Å²) in [6.07, 6.45) is 8.62. The van der Waals surface area contributed by atoms with E-state index in [0.717, 1.165) is 17.6 Å². The molecule has 0 saturated heterocycles. The molecule has 0 amide bonds. The van der Waals surface area contributed by atoms with Crippen molar-refractivity contribution in [1.29, 1.82) is 0 Å². The van der Waals surface area contributed by atoms with E-state index in [2.05, 4.69) is 37.9 Å². The fraction of sp³-hybridized carbons (Fsp3) is 0.263. The van der Waals surface area contributed by atoms with Crippen LogP contribution < -0.4 is 0 Å². The molecule has 3 nitrogen and oxygen atoms in total. The molecule has 0 aromatic heterocycles. The van der Waals surface area contributed by atoms with Gasteiger partial charge in [0.15, 0.2) is 5.70 Å². The van der Waals surface area contributed by atoms with E-state index in [1.54, 1.807) is 6.08 Å². The van der Waals surface area contributed by atoms with Gasteiger partial charge in [0, 0.05) is 5.56 Å². The third kappa shape index (κ3) is 2.93. The average Bonchev–Trinajstić information content (AvgIpc) is 3.09. The number of hydrogen-bond donors (Lipinski definition) is 0. The zero-order valence-corrected chi connectivity index (χ0v) is 13.1. The molecule has 1 aliphatic carbocycles. The first-order valence-corrected chi connectivity index (χ1v) is 7.43. The van der Waals surface area contributed by atoms with Crippen LogP contribution in [0.4, 0.5) is 0 Å². The van der Waals surface area contributed by atoms with E-state index in [-0.39, 0.29) is 11.4 Å². The molecule has 0 atom stereocenters. The number of benzene rings is 1. The SMILES string of the molecule is CC(C)(C)c1ccc(C2=NC(=CC3=CC=CC3)C(=O)O2)cc1. The highest BCUT2D eigenvalue weighted by Gasteiger charge is 2.24. The number of esters is 1. The Morgan fingerprint density at radius 2 is 1.91 bits per heavy atom. The van der Waals surface area contributed by atoms with Gasteiger partial charge < -0.3 is 4.74 Å². The van der Waals surface area contributed by atoms with Gasteiger partial charge in [-0.2, -0.15) is 0 Å². The minimum atomic E-state index is -0.386. The van der Waals surface area contributed by atoms with Crippen LogP contribution in [0.25, 0.3) is 0 Å². The Morgan fingerprint density at radius 3 is 2.50 bits per heavy atom. The predicted octanol–water partition coefficient (Wildman–Crippen LogP) is 4.06. The van der Waals surface area contributed by atoms with Gasteiger partial charge in [-0.15, -0.1) is 0 Å². The fourth-order valence-electron chi connectivity index (χ4n) is 2.39. The normalized spacial score (nSPS) is 19.4. The molecule has 2 aliphatic rings. The second kappa shape index (κ2) is 5.41. The quantitative estimate of drug-likeness (QED) is 0.609. The molecule has 1 aromatic rings. The summed E-state index contributed by atoms with van der Waals surface area (Å²) >= 11 is 0.